The van der Waals surface area contributed by atoms with Gasteiger partial charge in [-0.15, -0.1) is 0 Å². The normalized spacial score (nSPS) is 17.7. The van der Waals surface area contributed by atoms with Gasteiger partial charge in [-0.2, -0.15) is 12.6 Å². The van der Waals surface area contributed by atoms with E-state index in [0.717, 1.165) is 12.0 Å². The van der Waals surface area contributed by atoms with E-state index in [1.165, 1.54) is 0 Å². The van der Waals surface area contributed by atoms with Gasteiger partial charge in [0.1, 0.15) is 18.1 Å². The first kappa shape index (κ1) is 27.1. The lowest BCUT2D eigenvalue weighted by molar-refractivity contribution is -0.142. The second kappa shape index (κ2) is 13.6. The molecule has 1 heterocycles. The molecular formula is C22H30N4O7S. The number of carbonyl (C=O) groups excluding carboxylic acids is 3. The van der Waals surface area contributed by atoms with Crippen LogP contribution in [0.3, 0.4) is 0 Å². The first-order valence-corrected chi connectivity index (χ1v) is 11.6. The number of carboxylic acids is 2. The molecule has 0 radical (unpaired) electrons. The van der Waals surface area contributed by atoms with Gasteiger partial charge in [0, 0.05) is 18.6 Å². The first-order chi connectivity index (χ1) is 16.2. The maximum Gasteiger partial charge on any atom is 0.327 e. The monoisotopic (exact) mass is 494 g/mol. The Morgan fingerprint density at radius 2 is 1.62 bits per heavy atom. The van der Waals surface area contributed by atoms with E-state index in [-0.39, 0.29) is 24.5 Å². The molecule has 3 amide bonds. The Labute approximate surface area is 202 Å². The van der Waals surface area contributed by atoms with Crippen molar-refractivity contribution in [2.75, 3.05) is 12.3 Å². The van der Waals surface area contributed by atoms with Gasteiger partial charge in [0.15, 0.2) is 0 Å². The summed E-state index contributed by atoms with van der Waals surface area (Å²) in [5, 5.41) is 28.7. The van der Waals surface area contributed by atoms with Crippen molar-refractivity contribution in [3.05, 3.63) is 35.9 Å². The predicted molar refractivity (Wildman–Crippen MR) is 125 cm³/mol. The van der Waals surface area contributed by atoms with Crippen molar-refractivity contribution in [1.82, 2.24) is 21.3 Å². The van der Waals surface area contributed by atoms with Crippen LogP contribution in [0.15, 0.2) is 30.3 Å². The molecule has 34 heavy (non-hydrogen) atoms. The van der Waals surface area contributed by atoms with Gasteiger partial charge in [-0.3, -0.25) is 19.2 Å². The molecule has 4 unspecified atom stereocenters. The molecule has 0 aromatic heterocycles. The maximum absolute atomic E-state index is 13.1. The van der Waals surface area contributed by atoms with E-state index in [1.54, 1.807) is 24.3 Å². The largest absolute Gasteiger partial charge is 0.481 e. The third-order valence-electron chi connectivity index (χ3n) is 5.37. The van der Waals surface area contributed by atoms with Gasteiger partial charge in [0.2, 0.25) is 17.7 Å². The van der Waals surface area contributed by atoms with E-state index in [9.17, 15) is 24.0 Å². The molecule has 4 atom stereocenters. The number of nitrogens with one attached hydrogen (secondary N) is 4. The summed E-state index contributed by atoms with van der Waals surface area (Å²) in [6.07, 6.45) is 0.921. The molecule has 0 bridgehead atoms. The molecule has 1 aromatic rings. The molecule has 186 valence electrons. The van der Waals surface area contributed by atoms with E-state index in [1.807, 2.05) is 6.07 Å². The Balaban J connectivity index is 2.17. The fourth-order valence-electron chi connectivity index (χ4n) is 3.51. The van der Waals surface area contributed by atoms with Crippen LogP contribution in [-0.2, 0) is 30.4 Å². The van der Waals surface area contributed by atoms with Crippen LogP contribution < -0.4 is 21.3 Å². The number of amides is 3. The standard InChI is InChI=1S/C22H30N4O7S/c27-18(28)9-8-15(20(30)26-17(12-34)22(32)33)24-21(31)16(11-13-5-2-1-3-6-13)25-19(29)14-7-4-10-23-14/h1-3,5-6,14-17,23,34H,4,7-12H2,(H,24,31)(H,25,29)(H,26,30)(H,27,28)(H,32,33). The minimum absolute atomic E-state index is 0.146. The van der Waals surface area contributed by atoms with Crippen molar-refractivity contribution in [3.8, 4) is 0 Å². The highest BCUT2D eigenvalue weighted by Gasteiger charge is 2.31. The fraction of sp³-hybridized carbons (Fsp3) is 0.500. The molecular weight excluding hydrogens is 464 g/mol. The van der Waals surface area contributed by atoms with Crippen LogP contribution in [0.4, 0.5) is 0 Å². The van der Waals surface area contributed by atoms with E-state index in [0.29, 0.717) is 13.0 Å². The number of thiol groups is 1. The zero-order chi connectivity index (χ0) is 25.1. The summed E-state index contributed by atoms with van der Waals surface area (Å²) in [5.74, 6) is -4.57. The predicted octanol–water partition coefficient (Wildman–Crippen LogP) is -0.685. The molecule has 1 aliphatic rings. The SMILES string of the molecule is O=C(O)CCC(NC(=O)C(Cc1ccccc1)NC(=O)C1CCCN1)C(=O)NC(CS)C(=O)O. The van der Waals surface area contributed by atoms with Gasteiger partial charge < -0.3 is 31.5 Å². The Morgan fingerprint density at radius 3 is 2.18 bits per heavy atom. The van der Waals surface area contributed by atoms with Crippen LogP contribution >= 0.6 is 12.6 Å². The highest BCUT2D eigenvalue weighted by Crippen LogP contribution is 2.09. The smallest absolute Gasteiger partial charge is 0.327 e. The van der Waals surface area contributed by atoms with Crippen molar-refractivity contribution in [2.24, 2.45) is 0 Å². The van der Waals surface area contributed by atoms with E-state index in [4.69, 9.17) is 10.2 Å². The zero-order valence-electron chi connectivity index (χ0n) is 18.5. The van der Waals surface area contributed by atoms with Gasteiger partial charge in [0.05, 0.1) is 6.04 Å². The molecule has 1 aliphatic heterocycles. The number of hydrogen-bond donors (Lipinski definition) is 7. The zero-order valence-corrected chi connectivity index (χ0v) is 19.4. The molecule has 2 rings (SSSR count). The number of carbonyl (C=O) groups is 5. The summed E-state index contributed by atoms with van der Waals surface area (Å²) >= 11 is 3.89. The second-order valence-electron chi connectivity index (χ2n) is 7.98. The highest BCUT2D eigenvalue weighted by atomic mass is 32.1. The Hall–Kier alpha value is -3.12. The number of aliphatic carboxylic acids is 2. The molecule has 1 saturated heterocycles. The lowest BCUT2D eigenvalue weighted by Crippen LogP contribution is -2.57. The van der Waals surface area contributed by atoms with Crippen LogP contribution in [0, 0.1) is 0 Å². The quantitative estimate of drug-likeness (QED) is 0.177. The van der Waals surface area contributed by atoms with Gasteiger partial charge in [0.25, 0.3) is 0 Å². The first-order valence-electron chi connectivity index (χ1n) is 10.9. The van der Waals surface area contributed by atoms with Crippen LogP contribution in [0.5, 0.6) is 0 Å². The summed E-state index contributed by atoms with van der Waals surface area (Å²) in [4.78, 5) is 60.8. The molecule has 12 heteroatoms. The van der Waals surface area contributed by atoms with Crippen molar-refractivity contribution in [2.45, 2.75) is 56.3 Å². The van der Waals surface area contributed by atoms with Crippen molar-refractivity contribution in [3.63, 3.8) is 0 Å². The van der Waals surface area contributed by atoms with Crippen molar-refractivity contribution >= 4 is 42.3 Å². The highest BCUT2D eigenvalue weighted by molar-refractivity contribution is 7.80. The summed E-state index contributed by atoms with van der Waals surface area (Å²) in [6.45, 7) is 0.695. The van der Waals surface area contributed by atoms with Gasteiger partial charge in [-0.25, -0.2) is 4.79 Å². The second-order valence-corrected chi connectivity index (χ2v) is 8.34. The minimum Gasteiger partial charge on any atom is -0.481 e. The molecule has 0 saturated carbocycles. The Morgan fingerprint density at radius 1 is 0.971 bits per heavy atom. The van der Waals surface area contributed by atoms with E-state index < -0.39 is 54.3 Å². The fourth-order valence-corrected chi connectivity index (χ4v) is 3.75. The van der Waals surface area contributed by atoms with Gasteiger partial charge >= 0.3 is 11.9 Å². The van der Waals surface area contributed by atoms with E-state index >= 15 is 0 Å². The average Bonchev–Trinajstić information content (AvgIpc) is 3.35. The molecule has 0 spiro atoms. The lowest BCUT2D eigenvalue weighted by atomic mass is 10.0. The van der Waals surface area contributed by atoms with Crippen molar-refractivity contribution in [1.29, 1.82) is 0 Å². The Kier molecular flexibility index (Phi) is 10.8. The number of carboxylic acid groups (broad SMARTS) is 2. The number of hydrogen-bond acceptors (Lipinski definition) is 7. The third-order valence-corrected chi connectivity index (χ3v) is 5.73. The average molecular weight is 495 g/mol. The molecule has 1 aromatic carbocycles. The molecule has 0 aliphatic carbocycles. The number of benzene rings is 1. The maximum atomic E-state index is 13.1. The molecule has 1 fully saturated rings. The number of rotatable bonds is 13. The van der Waals surface area contributed by atoms with Crippen molar-refractivity contribution < 1.29 is 34.2 Å². The molecule has 6 N–H and O–H groups in total. The topological polar surface area (TPSA) is 174 Å². The van der Waals surface area contributed by atoms with Crippen LogP contribution in [0.2, 0.25) is 0 Å². The van der Waals surface area contributed by atoms with Crippen LogP contribution in [0.1, 0.15) is 31.2 Å². The summed E-state index contributed by atoms with van der Waals surface area (Å²) in [7, 11) is 0. The summed E-state index contributed by atoms with van der Waals surface area (Å²) in [5.41, 5.74) is 0.773. The minimum atomic E-state index is -1.31. The van der Waals surface area contributed by atoms with Gasteiger partial charge in [-0.05, 0) is 31.4 Å². The molecule has 11 nitrogen and oxygen atoms in total. The van der Waals surface area contributed by atoms with Crippen LogP contribution in [-0.4, -0.2) is 76.3 Å². The lowest BCUT2D eigenvalue weighted by Gasteiger charge is -2.25. The van der Waals surface area contributed by atoms with Crippen LogP contribution in [0.25, 0.3) is 0 Å². The van der Waals surface area contributed by atoms with E-state index in [2.05, 4.69) is 33.9 Å². The summed E-state index contributed by atoms with van der Waals surface area (Å²) in [6, 6.07) is 4.89. The third kappa shape index (κ3) is 8.67. The Bertz CT molecular complexity index is 877. The van der Waals surface area contributed by atoms with Gasteiger partial charge in [-0.1, -0.05) is 30.3 Å². The summed E-state index contributed by atoms with van der Waals surface area (Å²) < 4.78 is 0.